The summed E-state index contributed by atoms with van der Waals surface area (Å²) in [4.78, 5) is 49.7. The molecule has 152 valence electrons. The zero-order chi connectivity index (χ0) is 20.8. The largest absolute Gasteiger partial charge is 0.366 e. The van der Waals surface area contributed by atoms with Crippen molar-refractivity contribution in [2.45, 2.75) is 18.9 Å². The van der Waals surface area contributed by atoms with Gasteiger partial charge in [-0.2, -0.15) is 0 Å². The third kappa shape index (κ3) is 2.78. The van der Waals surface area contributed by atoms with Crippen LogP contribution in [0.15, 0.2) is 47.5 Å². The fourth-order valence-corrected chi connectivity index (χ4v) is 4.37. The molecular weight excluding hydrogens is 384 g/mol. The van der Waals surface area contributed by atoms with Gasteiger partial charge in [0.2, 0.25) is 5.91 Å². The summed E-state index contributed by atoms with van der Waals surface area (Å²) >= 11 is 0. The van der Waals surface area contributed by atoms with Crippen LogP contribution in [0.4, 0.5) is 0 Å². The molecule has 9 nitrogen and oxygen atoms in total. The number of likely N-dealkylation sites (tertiary alicyclic amines) is 1. The standard InChI is InChI=1S/C21H20N6O3/c22-18(28)13-5-1-2-6-14(13)20(29)26-9-3-4-12(11-26)27-17-15-7-8-23-19(15)24-10-16(17)25-21(27)30/h1-2,5-8,10,12H,3-4,9,11H2,(H2,22,28)(H,23,24)(H,25,30)/t12-/m1/s1. The predicted molar refractivity (Wildman–Crippen MR) is 111 cm³/mol. The van der Waals surface area contributed by atoms with Crippen molar-refractivity contribution in [3.05, 3.63) is 64.3 Å². The van der Waals surface area contributed by atoms with Crippen LogP contribution in [0.1, 0.15) is 39.6 Å². The lowest BCUT2D eigenvalue weighted by molar-refractivity contribution is 0.0676. The molecule has 4 aromatic rings. The molecule has 0 unspecified atom stereocenters. The van der Waals surface area contributed by atoms with E-state index in [1.807, 2.05) is 6.07 Å². The molecule has 0 spiro atoms. The van der Waals surface area contributed by atoms with Gasteiger partial charge in [-0.25, -0.2) is 9.78 Å². The highest BCUT2D eigenvalue weighted by molar-refractivity contribution is 6.06. The zero-order valence-corrected chi connectivity index (χ0v) is 16.1. The number of nitrogens with two attached hydrogens (primary N) is 1. The lowest BCUT2D eigenvalue weighted by Crippen LogP contribution is -2.43. The monoisotopic (exact) mass is 404 g/mol. The number of carbonyl (C=O) groups is 2. The van der Waals surface area contributed by atoms with Gasteiger partial charge in [0.05, 0.1) is 34.4 Å². The number of fused-ring (bicyclic) bond motifs is 3. The van der Waals surface area contributed by atoms with Crippen LogP contribution in [0.5, 0.6) is 0 Å². The number of H-pyrrole nitrogens is 2. The van der Waals surface area contributed by atoms with Crippen molar-refractivity contribution >= 4 is 33.9 Å². The first-order valence-corrected chi connectivity index (χ1v) is 9.79. The Labute approximate surface area is 170 Å². The number of aromatic amines is 2. The summed E-state index contributed by atoms with van der Waals surface area (Å²) < 4.78 is 1.73. The van der Waals surface area contributed by atoms with E-state index in [1.54, 1.807) is 46.1 Å². The van der Waals surface area contributed by atoms with E-state index in [9.17, 15) is 14.4 Å². The Kier molecular flexibility index (Phi) is 4.16. The molecule has 0 radical (unpaired) electrons. The molecule has 1 aliphatic heterocycles. The number of nitrogens with zero attached hydrogens (tertiary/aromatic N) is 3. The molecule has 0 aliphatic carbocycles. The van der Waals surface area contributed by atoms with Gasteiger partial charge in [0.25, 0.3) is 5.91 Å². The van der Waals surface area contributed by atoms with Gasteiger partial charge in [0, 0.05) is 24.7 Å². The molecule has 1 fully saturated rings. The number of carbonyl (C=O) groups excluding carboxylic acids is 2. The second-order valence-corrected chi connectivity index (χ2v) is 7.52. The molecule has 3 aromatic heterocycles. The Hall–Kier alpha value is -3.88. The maximum absolute atomic E-state index is 13.2. The number of hydrogen-bond donors (Lipinski definition) is 3. The maximum atomic E-state index is 13.2. The van der Waals surface area contributed by atoms with E-state index in [0.717, 1.165) is 23.7 Å². The molecule has 0 bridgehead atoms. The van der Waals surface area contributed by atoms with Crippen LogP contribution < -0.4 is 11.4 Å². The molecule has 1 saturated heterocycles. The molecule has 0 saturated carbocycles. The molecule has 1 aromatic carbocycles. The molecule has 4 heterocycles. The summed E-state index contributed by atoms with van der Waals surface area (Å²) in [5.41, 5.74) is 7.85. The highest BCUT2D eigenvalue weighted by atomic mass is 16.2. The number of piperidine rings is 1. The number of amides is 2. The Balaban J connectivity index is 1.53. The highest BCUT2D eigenvalue weighted by Gasteiger charge is 2.29. The zero-order valence-electron chi connectivity index (χ0n) is 16.1. The van der Waals surface area contributed by atoms with Crippen LogP contribution in [-0.2, 0) is 0 Å². The average molecular weight is 404 g/mol. The smallest absolute Gasteiger partial charge is 0.326 e. The van der Waals surface area contributed by atoms with Crippen molar-refractivity contribution in [3.8, 4) is 0 Å². The summed E-state index contributed by atoms with van der Waals surface area (Å²) in [5, 5.41) is 0.855. The molecule has 1 aliphatic rings. The first-order valence-electron chi connectivity index (χ1n) is 9.79. The third-order valence-electron chi connectivity index (χ3n) is 5.73. The van der Waals surface area contributed by atoms with Gasteiger partial charge in [-0.3, -0.25) is 14.2 Å². The second kappa shape index (κ2) is 6.87. The van der Waals surface area contributed by atoms with Crippen LogP contribution in [-0.4, -0.2) is 49.3 Å². The van der Waals surface area contributed by atoms with Gasteiger partial charge in [-0.05, 0) is 31.0 Å². The number of nitrogens with one attached hydrogen (secondary N) is 2. The lowest BCUT2D eigenvalue weighted by atomic mass is 10.0. The van der Waals surface area contributed by atoms with Gasteiger partial charge in [-0.1, -0.05) is 12.1 Å². The number of imidazole rings is 1. The molecule has 4 N–H and O–H groups in total. The molecule has 2 amide bonds. The fourth-order valence-electron chi connectivity index (χ4n) is 4.37. The number of rotatable bonds is 3. The van der Waals surface area contributed by atoms with E-state index >= 15 is 0 Å². The summed E-state index contributed by atoms with van der Waals surface area (Å²) in [5.74, 6) is -0.891. The number of pyridine rings is 1. The minimum absolute atomic E-state index is 0.190. The van der Waals surface area contributed by atoms with Crippen molar-refractivity contribution in [3.63, 3.8) is 0 Å². The van der Waals surface area contributed by atoms with E-state index in [0.29, 0.717) is 24.3 Å². The highest BCUT2D eigenvalue weighted by Crippen LogP contribution is 2.28. The number of aromatic nitrogens is 4. The van der Waals surface area contributed by atoms with Crippen molar-refractivity contribution < 1.29 is 9.59 Å². The summed E-state index contributed by atoms with van der Waals surface area (Å²) in [6, 6.07) is 8.25. The minimum atomic E-state index is -0.636. The number of benzene rings is 1. The Morgan fingerprint density at radius 2 is 1.97 bits per heavy atom. The van der Waals surface area contributed by atoms with Gasteiger partial charge in [0.15, 0.2) is 0 Å². The van der Waals surface area contributed by atoms with E-state index in [-0.39, 0.29) is 28.8 Å². The van der Waals surface area contributed by atoms with Crippen molar-refractivity contribution in [1.82, 2.24) is 24.4 Å². The Morgan fingerprint density at radius 3 is 2.77 bits per heavy atom. The second-order valence-electron chi connectivity index (χ2n) is 7.52. The van der Waals surface area contributed by atoms with Gasteiger partial charge in [0.1, 0.15) is 5.65 Å². The molecular formula is C21H20N6O3. The van der Waals surface area contributed by atoms with Crippen LogP contribution in [0.2, 0.25) is 0 Å². The summed E-state index contributed by atoms with van der Waals surface area (Å²) in [6.45, 7) is 0.924. The van der Waals surface area contributed by atoms with Crippen molar-refractivity contribution in [2.75, 3.05) is 13.1 Å². The maximum Gasteiger partial charge on any atom is 0.326 e. The predicted octanol–water partition coefficient (Wildman–Crippen LogP) is 1.78. The number of hydrogen-bond acceptors (Lipinski definition) is 4. The summed E-state index contributed by atoms with van der Waals surface area (Å²) in [7, 11) is 0. The number of primary amides is 1. The topological polar surface area (TPSA) is 130 Å². The minimum Gasteiger partial charge on any atom is -0.366 e. The third-order valence-corrected chi connectivity index (χ3v) is 5.73. The fraction of sp³-hybridized carbons (Fsp3) is 0.238. The van der Waals surface area contributed by atoms with Crippen molar-refractivity contribution in [1.29, 1.82) is 0 Å². The van der Waals surface area contributed by atoms with Crippen LogP contribution in [0.25, 0.3) is 22.1 Å². The molecule has 1 atom stereocenters. The van der Waals surface area contributed by atoms with Crippen LogP contribution in [0.3, 0.4) is 0 Å². The van der Waals surface area contributed by atoms with E-state index < -0.39 is 5.91 Å². The SMILES string of the molecule is NC(=O)c1ccccc1C(=O)N1CCC[C@@H](n2c(=O)[nH]c3cnc4[nH]ccc4c32)C1. The molecule has 5 rings (SSSR count). The van der Waals surface area contributed by atoms with Crippen LogP contribution >= 0.6 is 0 Å². The first-order chi connectivity index (χ1) is 14.5. The van der Waals surface area contributed by atoms with E-state index in [1.165, 1.54) is 0 Å². The average Bonchev–Trinajstić information content (AvgIpc) is 3.36. The van der Waals surface area contributed by atoms with Crippen molar-refractivity contribution in [2.24, 2.45) is 5.73 Å². The lowest BCUT2D eigenvalue weighted by Gasteiger charge is -2.33. The van der Waals surface area contributed by atoms with Gasteiger partial charge < -0.3 is 20.6 Å². The Morgan fingerprint density at radius 1 is 1.17 bits per heavy atom. The normalized spacial score (nSPS) is 16.9. The van der Waals surface area contributed by atoms with E-state index in [4.69, 9.17) is 5.73 Å². The van der Waals surface area contributed by atoms with Gasteiger partial charge in [-0.15, -0.1) is 0 Å². The quantitative estimate of drug-likeness (QED) is 0.480. The summed E-state index contributed by atoms with van der Waals surface area (Å²) in [6.07, 6.45) is 4.94. The van der Waals surface area contributed by atoms with Crippen LogP contribution in [0, 0.1) is 0 Å². The molecule has 30 heavy (non-hydrogen) atoms. The first kappa shape index (κ1) is 18.2. The molecule has 9 heteroatoms. The van der Waals surface area contributed by atoms with E-state index in [2.05, 4.69) is 15.0 Å². The van der Waals surface area contributed by atoms with Gasteiger partial charge >= 0.3 is 5.69 Å². The Bertz CT molecular complexity index is 1350.